The fourth-order valence-corrected chi connectivity index (χ4v) is 4.43. The van der Waals surface area contributed by atoms with E-state index < -0.39 is 11.9 Å². The molecule has 0 radical (unpaired) electrons. The summed E-state index contributed by atoms with van der Waals surface area (Å²) in [6.07, 6.45) is 0. The Balaban J connectivity index is 1.59. The number of ether oxygens (including phenoxy) is 4. The largest absolute Gasteiger partial charge is 0.496 e. The molecule has 0 amide bonds. The minimum absolute atomic E-state index is 0.0305. The first-order valence-electron chi connectivity index (χ1n) is 10.4. The Morgan fingerprint density at radius 1 is 1.14 bits per heavy atom. The zero-order valence-corrected chi connectivity index (χ0v) is 21.1. The zero-order chi connectivity index (χ0) is 25.1. The first kappa shape index (κ1) is 24.5. The van der Waals surface area contributed by atoms with E-state index in [1.165, 1.54) is 0 Å². The van der Waals surface area contributed by atoms with Crippen LogP contribution in [-0.2, 0) is 4.79 Å². The van der Waals surface area contributed by atoms with Crippen LogP contribution in [0.5, 0.6) is 23.0 Å². The monoisotopic (exact) mass is 554 g/mol. The highest BCUT2D eigenvalue weighted by molar-refractivity contribution is 9.10. The molecule has 9 heteroatoms. The highest BCUT2D eigenvalue weighted by atomic mass is 79.9. The van der Waals surface area contributed by atoms with E-state index in [0.29, 0.717) is 27.8 Å². The van der Waals surface area contributed by atoms with E-state index in [-0.39, 0.29) is 23.8 Å². The van der Waals surface area contributed by atoms with Crippen molar-refractivity contribution in [1.82, 2.24) is 0 Å². The van der Waals surface area contributed by atoms with E-state index in [1.54, 1.807) is 49.6 Å². The number of halogens is 2. The standard InChI is InChI=1S/C26H20BrClN2O5/c1-14-9-16(28)4-8-21(14)33-13-24(31)34-17-5-6-18-23(11-17)35-26(30)20(12-29)25(18)19-10-15(27)3-7-22(19)32-2/h3-11,25H,13,30H2,1-2H3. The lowest BCUT2D eigenvalue weighted by molar-refractivity contribution is -0.136. The van der Waals surface area contributed by atoms with Gasteiger partial charge in [0.05, 0.1) is 13.0 Å². The van der Waals surface area contributed by atoms with Gasteiger partial charge in [-0.1, -0.05) is 33.6 Å². The van der Waals surface area contributed by atoms with E-state index in [2.05, 4.69) is 22.0 Å². The van der Waals surface area contributed by atoms with Crippen molar-refractivity contribution >= 4 is 33.5 Å². The molecule has 2 N–H and O–H groups in total. The molecule has 0 spiro atoms. The summed E-state index contributed by atoms with van der Waals surface area (Å²) in [6, 6.07) is 17.7. The average molecular weight is 556 g/mol. The van der Waals surface area contributed by atoms with Crippen molar-refractivity contribution in [3.05, 3.63) is 92.2 Å². The average Bonchev–Trinajstić information content (AvgIpc) is 2.82. The maximum absolute atomic E-state index is 12.4. The molecule has 35 heavy (non-hydrogen) atoms. The lowest BCUT2D eigenvalue weighted by Crippen LogP contribution is -2.22. The predicted molar refractivity (Wildman–Crippen MR) is 134 cm³/mol. The molecule has 0 aliphatic carbocycles. The van der Waals surface area contributed by atoms with Gasteiger partial charge >= 0.3 is 5.97 Å². The molecule has 0 bridgehead atoms. The quantitative estimate of drug-likeness (QED) is 0.311. The van der Waals surface area contributed by atoms with Gasteiger partial charge in [-0.2, -0.15) is 5.26 Å². The number of rotatable bonds is 6. The van der Waals surface area contributed by atoms with E-state index >= 15 is 0 Å². The van der Waals surface area contributed by atoms with Crippen molar-refractivity contribution in [3.63, 3.8) is 0 Å². The highest BCUT2D eigenvalue weighted by Gasteiger charge is 2.33. The predicted octanol–water partition coefficient (Wildman–Crippen LogP) is 5.62. The number of hydrogen-bond acceptors (Lipinski definition) is 7. The van der Waals surface area contributed by atoms with Gasteiger partial charge in [-0.25, -0.2) is 4.79 Å². The minimum Gasteiger partial charge on any atom is -0.496 e. The number of methoxy groups -OCH3 is 1. The number of allylic oxidation sites excluding steroid dienone is 1. The molecule has 1 heterocycles. The molecule has 3 aromatic rings. The number of nitrogens with two attached hydrogens (primary N) is 1. The fraction of sp³-hybridized carbons (Fsp3) is 0.154. The fourth-order valence-electron chi connectivity index (χ4n) is 3.82. The van der Waals surface area contributed by atoms with Crippen molar-refractivity contribution in [2.45, 2.75) is 12.8 Å². The van der Waals surface area contributed by atoms with Crippen molar-refractivity contribution < 1.29 is 23.7 Å². The van der Waals surface area contributed by atoms with Crippen molar-refractivity contribution in [2.24, 2.45) is 5.73 Å². The van der Waals surface area contributed by atoms with Gasteiger partial charge < -0.3 is 24.7 Å². The molecular formula is C26H20BrClN2O5. The van der Waals surface area contributed by atoms with Crippen LogP contribution in [0.15, 0.2) is 70.5 Å². The summed E-state index contributed by atoms with van der Waals surface area (Å²) in [7, 11) is 1.56. The lowest BCUT2D eigenvalue weighted by atomic mass is 9.83. The van der Waals surface area contributed by atoms with Gasteiger partial charge in [0.2, 0.25) is 5.88 Å². The van der Waals surface area contributed by atoms with Gasteiger partial charge in [0.15, 0.2) is 6.61 Å². The molecule has 0 fully saturated rings. The normalized spacial score (nSPS) is 14.4. The second-order valence-corrected chi connectivity index (χ2v) is 9.04. The molecule has 0 saturated heterocycles. The summed E-state index contributed by atoms with van der Waals surface area (Å²) in [5.41, 5.74) is 8.57. The van der Waals surface area contributed by atoms with Gasteiger partial charge in [0.25, 0.3) is 0 Å². The Morgan fingerprint density at radius 2 is 1.91 bits per heavy atom. The minimum atomic E-state index is -0.596. The molecule has 0 saturated carbocycles. The van der Waals surface area contributed by atoms with Gasteiger partial charge in [-0.15, -0.1) is 0 Å². The smallest absolute Gasteiger partial charge is 0.349 e. The number of benzene rings is 3. The third-order valence-corrected chi connectivity index (χ3v) is 6.14. The number of nitriles is 1. The van der Waals surface area contributed by atoms with Crippen molar-refractivity contribution in [1.29, 1.82) is 5.26 Å². The van der Waals surface area contributed by atoms with Crippen LogP contribution in [0.25, 0.3) is 0 Å². The first-order chi connectivity index (χ1) is 16.8. The summed E-state index contributed by atoms with van der Waals surface area (Å²) in [5.74, 6) is 0.590. The van der Waals surface area contributed by atoms with Crippen LogP contribution in [0.3, 0.4) is 0 Å². The number of hydrogen-bond donors (Lipinski definition) is 1. The summed E-state index contributed by atoms with van der Waals surface area (Å²) in [6.45, 7) is 1.54. The molecule has 7 nitrogen and oxygen atoms in total. The van der Waals surface area contributed by atoms with Crippen LogP contribution in [-0.4, -0.2) is 19.7 Å². The first-order valence-corrected chi connectivity index (χ1v) is 11.6. The summed E-state index contributed by atoms with van der Waals surface area (Å²) in [5, 5.41) is 10.4. The van der Waals surface area contributed by atoms with Gasteiger partial charge in [0, 0.05) is 26.7 Å². The molecule has 1 atom stereocenters. The molecular weight excluding hydrogens is 536 g/mol. The van der Waals surface area contributed by atoms with Crippen LogP contribution in [0, 0.1) is 18.3 Å². The Bertz CT molecular complexity index is 1380. The molecule has 3 aromatic carbocycles. The number of esters is 1. The lowest BCUT2D eigenvalue weighted by Gasteiger charge is -2.27. The van der Waals surface area contributed by atoms with Crippen LogP contribution < -0.4 is 24.7 Å². The number of aryl methyl sites for hydroxylation is 1. The van der Waals surface area contributed by atoms with Gasteiger partial charge in [-0.3, -0.25) is 0 Å². The number of carbonyl (C=O) groups excluding carboxylic acids is 1. The van der Waals surface area contributed by atoms with E-state index in [0.717, 1.165) is 15.6 Å². The Hall–Kier alpha value is -3.67. The van der Waals surface area contributed by atoms with Crippen LogP contribution in [0.1, 0.15) is 22.6 Å². The molecule has 1 unspecified atom stereocenters. The molecule has 1 aliphatic rings. The SMILES string of the molecule is COc1ccc(Br)cc1C1C(C#N)=C(N)Oc2cc(OC(=O)COc3ccc(Cl)cc3C)ccc21. The highest BCUT2D eigenvalue weighted by Crippen LogP contribution is 2.46. The Labute approximate surface area is 215 Å². The third kappa shape index (κ3) is 5.21. The molecule has 4 rings (SSSR count). The molecule has 0 aromatic heterocycles. The maximum atomic E-state index is 12.4. The topological polar surface area (TPSA) is 104 Å². The van der Waals surface area contributed by atoms with Gasteiger partial charge in [-0.05, 0) is 55.0 Å². The Morgan fingerprint density at radius 3 is 2.63 bits per heavy atom. The van der Waals surface area contributed by atoms with Gasteiger partial charge in [0.1, 0.15) is 34.6 Å². The summed E-state index contributed by atoms with van der Waals surface area (Å²) < 4.78 is 23.0. The third-order valence-electron chi connectivity index (χ3n) is 5.41. The van der Waals surface area contributed by atoms with Crippen LogP contribution in [0.4, 0.5) is 0 Å². The van der Waals surface area contributed by atoms with E-state index in [1.807, 2.05) is 19.1 Å². The summed E-state index contributed by atoms with van der Waals surface area (Å²) in [4.78, 5) is 12.4. The number of nitrogens with zero attached hydrogens (tertiary/aromatic N) is 1. The van der Waals surface area contributed by atoms with E-state index in [4.69, 9.17) is 36.3 Å². The number of fused-ring (bicyclic) bond motifs is 1. The second kappa shape index (κ2) is 10.3. The van der Waals surface area contributed by atoms with Crippen molar-refractivity contribution in [2.75, 3.05) is 13.7 Å². The zero-order valence-electron chi connectivity index (χ0n) is 18.8. The van der Waals surface area contributed by atoms with Crippen LogP contribution in [0.2, 0.25) is 5.02 Å². The summed E-state index contributed by atoms with van der Waals surface area (Å²) >= 11 is 9.42. The Kier molecular flexibility index (Phi) is 7.20. The van der Waals surface area contributed by atoms with Crippen molar-refractivity contribution in [3.8, 4) is 29.1 Å². The number of carbonyl (C=O) groups is 1. The molecule has 1 aliphatic heterocycles. The van der Waals surface area contributed by atoms with E-state index in [9.17, 15) is 10.1 Å². The second-order valence-electron chi connectivity index (χ2n) is 7.68. The molecule has 178 valence electrons. The maximum Gasteiger partial charge on any atom is 0.349 e. The van der Waals surface area contributed by atoms with Crippen LogP contribution >= 0.6 is 27.5 Å².